The van der Waals surface area contributed by atoms with Gasteiger partial charge in [-0.05, 0) is 123 Å². The van der Waals surface area contributed by atoms with Gasteiger partial charge < -0.3 is 23.7 Å². The second-order valence-corrected chi connectivity index (χ2v) is 21.3. The van der Waals surface area contributed by atoms with Crippen LogP contribution < -0.4 is 31.1 Å². The first-order valence-corrected chi connectivity index (χ1v) is 24.3. The molecule has 6 nitrogen and oxygen atoms in total. The molecule has 5 heterocycles. The normalized spacial score (nSPS) is 13.5. The average Bonchev–Trinajstić information content (AvgIpc) is 3.92. The Morgan fingerprint density at radius 2 is 1.07 bits per heavy atom. The van der Waals surface area contributed by atoms with Gasteiger partial charge in [-0.1, -0.05) is 139 Å². The van der Waals surface area contributed by atoms with Gasteiger partial charge in [0, 0.05) is 50.3 Å². The lowest BCUT2D eigenvalue weighted by Crippen LogP contribution is -2.61. The Morgan fingerprint density at radius 1 is 0.486 bits per heavy atom. The number of benzene rings is 9. The standard InChI is InChI=1S/C63H48BN5O/c1-62(2,3)38-25-29-41(30-26-38)66(42-31-27-39(28-32-42)63(4,5)6)43-33-34-47-53(37-43)67(50-20-14-24-57-58(50)46-16-9-11-23-56(46)70-57)54-35-40(65-7)36-55-59(54)64(47)48-18-13-22-52-61(48)69(55)51-21-12-17-45-44-15-8-10-19-49(44)68(52)60(45)51/h8-37H,1-6H3. The van der Waals surface area contributed by atoms with Crippen LogP contribution in [0, 0.1) is 6.57 Å². The summed E-state index contributed by atoms with van der Waals surface area (Å²) in [6, 6.07) is 66.5. The minimum atomic E-state index is -0.148. The highest BCUT2D eigenvalue weighted by Crippen LogP contribution is 2.54. The van der Waals surface area contributed by atoms with Crippen LogP contribution in [0.4, 0.5) is 56.9 Å². The molecule has 0 amide bonds. The van der Waals surface area contributed by atoms with Gasteiger partial charge in [0.05, 0.1) is 45.7 Å². The monoisotopic (exact) mass is 901 g/mol. The van der Waals surface area contributed by atoms with Crippen LogP contribution in [0.5, 0.6) is 0 Å². The molecule has 3 aliphatic heterocycles. The predicted octanol–water partition coefficient (Wildman–Crippen LogP) is 15.7. The fourth-order valence-electron chi connectivity index (χ4n) is 11.9. The maximum atomic E-state index is 8.71. The molecule has 11 aromatic rings. The molecule has 0 saturated carbocycles. The topological polar surface area (TPSA) is 32.2 Å². The number of furan rings is 1. The maximum absolute atomic E-state index is 8.71. The number of anilines is 9. The predicted molar refractivity (Wildman–Crippen MR) is 294 cm³/mol. The van der Waals surface area contributed by atoms with Crippen molar-refractivity contribution in [3.05, 3.63) is 205 Å². The van der Waals surface area contributed by atoms with Crippen molar-refractivity contribution in [2.75, 3.05) is 14.7 Å². The molecule has 0 aliphatic carbocycles. The largest absolute Gasteiger partial charge is 0.456 e. The van der Waals surface area contributed by atoms with Gasteiger partial charge >= 0.3 is 0 Å². The van der Waals surface area contributed by atoms with Gasteiger partial charge in [-0.2, -0.15) is 0 Å². The number of fused-ring (bicyclic) bond motifs is 12. The van der Waals surface area contributed by atoms with Crippen LogP contribution in [0.15, 0.2) is 186 Å². The van der Waals surface area contributed by atoms with Crippen molar-refractivity contribution in [1.29, 1.82) is 0 Å². The summed E-state index contributed by atoms with van der Waals surface area (Å²) in [5.41, 5.74) is 21.5. The zero-order valence-electron chi connectivity index (χ0n) is 40.0. The summed E-state index contributed by atoms with van der Waals surface area (Å²) < 4.78 is 9.09. The van der Waals surface area contributed by atoms with Gasteiger partial charge in [-0.3, -0.25) is 0 Å². The van der Waals surface area contributed by atoms with Crippen molar-refractivity contribution >= 4 is 124 Å². The molecule has 0 atom stereocenters. The molecule has 0 unspecified atom stereocenters. The number of hydrogen-bond donors (Lipinski definition) is 0. The van der Waals surface area contributed by atoms with Crippen LogP contribution in [0.1, 0.15) is 52.7 Å². The molecule has 0 saturated heterocycles. The van der Waals surface area contributed by atoms with Gasteiger partial charge in [-0.15, -0.1) is 0 Å². The third-order valence-corrected chi connectivity index (χ3v) is 15.2. The van der Waals surface area contributed by atoms with Crippen LogP contribution in [0.3, 0.4) is 0 Å². The summed E-state index contributed by atoms with van der Waals surface area (Å²) in [7, 11) is 0. The Bertz CT molecular complexity index is 4010. The average molecular weight is 902 g/mol. The lowest BCUT2D eigenvalue weighted by molar-refractivity contribution is 0.590. The minimum absolute atomic E-state index is 0.00742. The molecule has 0 spiro atoms. The second-order valence-electron chi connectivity index (χ2n) is 21.3. The fourth-order valence-corrected chi connectivity index (χ4v) is 11.9. The molecule has 9 aromatic carbocycles. The highest BCUT2D eigenvalue weighted by molar-refractivity contribution is 7.00. The van der Waals surface area contributed by atoms with Gasteiger partial charge in [-0.25, -0.2) is 4.85 Å². The van der Waals surface area contributed by atoms with E-state index >= 15 is 0 Å². The Balaban J connectivity index is 1.08. The smallest absolute Gasteiger partial charge is 0.252 e. The molecular weight excluding hydrogens is 854 g/mol. The van der Waals surface area contributed by atoms with Crippen molar-refractivity contribution in [2.45, 2.75) is 52.4 Å². The van der Waals surface area contributed by atoms with E-state index in [1.807, 2.05) is 6.07 Å². The maximum Gasteiger partial charge on any atom is 0.252 e. The number of nitrogens with zero attached hydrogens (tertiary/aromatic N) is 5. The van der Waals surface area contributed by atoms with E-state index in [9.17, 15) is 0 Å². The number of rotatable bonds is 4. The minimum Gasteiger partial charge on any atom is -0.456 e. The zero-order valence-corrected chi connectivity index (χ0v) is 40.0. The Kier molecular flexibility index (Phi) is 8.29. The Hall–Kier alpha value is -8.47. The van der Waals surface area contributed by atoms with Crippen LogP contribution in [-0.2, 0) is 10.8 Å². The van der Waals surface area contributed by atoms with Gasteiger partial charge in [0.15, 0.2) is 5.69 Å². The van der Waals surface area contributed by atoms with Crippen LogP contribution >= 0.6 is 0 Å². The summed E-state index contributed by atoms with van der Waals surface area (Å²) >= 11 is 0. The van der Waals surface area contributed by atoms with E-state index < -0.39 is 0 Å². The zero-order chi connectivity index (χ0) is 47.4. The van der Waals surface area contributed by atoms with Gasteiger partial charge in [0.25, 0.3) is 6.71 Å². The summed E-state index contributed by atoms with van der Waals surface area (Å²) in [6.45, 7) is 22.2. The SMILES string of the molecule is [C-]#[N+]c1cc2c3c(c1)N1c4c(cccc4-n4c5ccccc5c5cccc1c54)B3c1ccc(N(c3ccc(C(C)(C)C)cc3)c3ccc(C(C)(C)C)cc3)cc1N2c1cccc2oc3ccccc3c12. The van der Waals surface area contributed by atoms with Crippen molar-refractivity contribution in [2.24, 2.45) is 0 Å². The molecule has 0 N–H and O–H groups in total. The molecule has 3 aliphatic rings. The molecule has 334 valence electrons. The molecule has 70 heavy (non-hydrogen) atoms. The van der Waals surface area contributed by atoms with Crippen LogP contribution in [-0.4, -0.2) is 11.3 Å². The molecule has 7 heteroatoms. The number of hydrogen-bond acceptors (Lipinski definition) is 4. The fraction of sp³-hybridized carbons (Fsp3) is 0.127. The Morgan fingerprint density at radius 3 is 1.79 bits per heavy atom. The summed E-state index contributed by atoms with van der Waals surface area (Å²) in [5, 5.41) is 4.52. The van der Waals surface area contributed by atoms with Crippen molar-refractivity contribution in [3.63, 3.8) is 0 Å². The third kappa shape index (κ3) is 5.62. The van der Waals surface area contributed by atoms with Crippen molar-refractivity contribution in [3.8, 4) is 5.69 Å². The summed E-state index contributed by atoms with van der Waals surface area (Å²) in [5.74, 6) is 0. The van der Waals surface area contributed by atoms with E-state index in [0.717, 1.165) is 78.8 Å². The molecule has 0 bridgehead atoms. The lowest BCUT2D eigenvalue weighted by atomic mass is 9.33. The molecule has 0 fully saturated rings. The van der Waals surface area contributed by atoms with Crippen molar-refractivity contribution < 1.29 is 4.42 Å². The first-order chi connectivity index (χ1) is 34.0. The van der Waals surface area contributed by atoms with E-state index in [1.165, 1.54) is 49.3 Å². The molecule has 0 radical (unpaired) electrons. The van der Waals surface area contributed by atoms with Gasteiger partial charge in [0.2, 0.25) is 0 Å². The van der Waals surface area contributed by atoms with E-state index in [0.29, 0.717) is 5.69 Å². The first-order valence-electron chi connectivity index (χ1n) is 24.3. The highest BCUT2D eigenvalue weighted by Gasteiger charge is 2.46. The van der Waals surface area contributed by atoms with Crippen molar-refractivity contribution in [1.82, 2.24) is 4.57 Å². The first kappa shape index (κ1) is 40.6. The lowest BCUT2D eigenvalue weighted by Gasteiger charge is -2.46. The number of aromatic nitrogens is 1. The van der Waals surface area contributed by atoms with E-state index in [1.54, 1.807) is 0 Å². The highest BCUT2D eigenvalue weighted by atomic mass is 16.3. The molecule has 14 rings (SSSR count). The third-order valence-electron chi connectivity index (χ3n) is 15.2. The van der Waals surface area contributed by atoms with E-state index in [2.05, 4.69) is 242 Å². The number of para-hydroxylation sites is 4. The molecular formula is C63H48BN5O. The van der Waals surface area contributed by atoms with Crippen LogP contribution in [0.2, 0.25) is 0 Å². The summed E-state index contributed by atoms with van der Waals surface area (Å²) in [4.78, 5) is 11.6. The molecule has 2 aromatic heterocycles. The van der Waals surface area contributed by atoms with E-state index in [-0.39, 0.29) is 17.5 Å². The van der Waals surface area contributed by atoms with Gasteiger partial charge in [0.1, 0.15) is 11.2 Å². The second kappa shape index (κ2) is 14.3. The quantitative estimate of drug-likeness (QED) is 0.130. The summed E-state index contributed by atoms with van der Waals surface area (Å²) in [6.07, 6.45) is 0. The van der Waals surface area contributed by atoms with E-state index in [4.69, 9.17) is 11.0 Å². The van der Waals surface area contributed by atoms with Crippen LogP contribution in [0.25, 0.3) is 54.3 Å². The Labute approximate surface area is 408 Å².